The summed E-state index contributed by atoms with van der Waals surface area (Å²) in [5.74, 6) is 0.308. The molecule has 0 bridgehead atoms. The van der Waals surface area contributed by atoms with E-state index in [-0.39, 0.29) is 11.9 Å². The third kappa shape index (κ3) is 2.75. The molecule has 2 aliphatic carbocycles. The van der Waals surface area contributed by atoms with Gasteiger partial charge in [-0.25, -0.2) is 9.37 Å². The summed E-state index contributed by atoms with van der Waals surface area (Å²) in [4.78, 5) is 4.06. The highest BCUT2D eigenvalue weighted by atomic mass is 19.1. The second kappa shape index (κ2) is 4.61. The van der Waals surface area contributed by atoms with E-state index in [1.165, 1.54) is 31.5 Å². The predicted octanol–water partition coefficient (Wildman–Crippen LogP) is 2.40. The smallest absolute Gasteiger partial charge is 0.218 e. The molecule has 1 N–H and O–H groups in total. The van der Waals surface area contributed by atoms with Gasteiger partial charge in [0, 0.05) is 18.2 Å². The first-order valence-electron chi connectivity index (χ1n) is 6.36. The molecule has 17 heavy (non-hydrogen) atoms. The number of ether oxygens (including phenoxy) is 1. The molecule has 0 aliphatic heterocycles. The van der Waals surface area contributed by atoms with Gasteiger partial charge in [0.25, 0.3) is 0 Å². The normalized spacial score (nSPS) is 20.1. The summed E-state index contributed by atoms with van der Waals surface area (Å²) in [5, 5.41) is 3.36. The van der Waals surface area contributed by atoms with Crippen molar-refractivity contribution >= 4 is 0 Å². The summed E-state index contributed by atoms with van der Waals surface area (Å²) in [5.41, 5.74) is 0.837. The molecule has 1 aromatic heterocycles. The lowest BCUT2D eigenvalue weighted by molar-refractivity contribution is 0.113. The number of nitrogens with zero attached hydrogens (tertiary/aromatic N) is 1. The first-order valence-corrected chi connectivity index (χ1v) is 6.36. The van der Waals surface area contributed by atoms with Crippen molar-refractivity contribution in [1.29, 1.82) is 0 Å². The lowest BCUT2D eigenvalue weighted by atomic mass is 9.96. The Bertz CT molecular complexity index is 402. The molecule has 3 nitrogen and oxygen atoms in total. The topological polar surface area (TPSA) is 34.1 Å². The van der Waals surface area contributed by atoms with Crippen molar-refractivity contribution in [3.8, 4) is 5.88 Å². The number of halogens is 1. The fraction of sp³-hybridized carbons (Fsp3) is 0.615. The van der Waals surface area contributed by atoms with Crippen LogP contribution >= 0.6 is 0 Å². The van der Waals surface area contributed by atoms with Crippen molar-refractivity contribution in [2.75, 3.05) is 0 Å². The third-order valence-electron chi connectivity index (χ3n) is 3.38. The molecule has 4 heteroatoms. The molecule has 0 unspecified atom stereocenters. The molecular formula is C13H17FN2O. The van der Waals surface area contributed by atoms with Crippen LogP contribution in [-0.4, -0.2) is 17.1 Å². The van der Waals surface area contributed by atoms with Gasteiger partial charge in [0.1, 0.15) is 11.9 Å². The van der Waals surface area contributed by atoms with Crippen LogP contribution in [-0.2, 0) is 6.54 Å². The monoisotopic (exact) mass is 236 g/mol. The van der Waals surface area contributed by atoms with Crippen molar-refractivity contribution in [2.24, 2.45) is 0 Å². The number of pyridine rings is 1. The molecule has 0 aromatic carbocycles. The van der Waals surface area contributed by atoms with Gasteiger partial charge in [0.2, 0.25) is 5.88 Å². The van der Waals surface area contributed by atoms with Gasteiger partial charge < -0.3 is 10.1 Å². The summed E-state index contributed by atoms with van der Waals surface area (Å²) in [6, 6.07) is 2.13. The van der Waals surface area contributed by atoms with E-state index in [2.05, 4.69) is 10.3 Å². The molecule has 3 rings (SSSR count). The zero-order chi connectivity index (χ0) is 11.7. The molecule has 2 saturated carbocycles. The zero-order valence-corrected chi connectivity index (χ0v) is 9.79. The van der Waals surface area contributed by atoms with Gasteiger partial charge in [-0.15, -0.1) is 0 Å². The molecule has 0 amide bonds. The van der Waals surface area contributed by atoms with Gasteiger partial charge in [-0.2, -0.15) is 0 Å². The molecule has 0 radical (unpaired) electrons. The summed E-state index contributed by atoms with van der Waals surface area (Å²) < 4.78 is 18.9. The Morgan fingerprint density at radius 1 is 1.35 bits per heavy atom. The highest BCUT2D eigenvalue weighted by Crippen LogP contribution is 2.27. The quantitative estimate of drug-likeness (QED) is 0.852. The average Bonchev–Trinajstić information content (AvgIpc) is 3.06. The lowest BCUT2D eigenvalue weighted by Crippen LogP contribution is -2.26. The zero-order valence-electron chi connectivity index (χ0n) is 9.79. The Morgan fingerprint density at radius 2 is 2.18 bits per heavy atom. The van der Waals surface area contributed by atoms with E-state index in [0.717, 1.165) is 18.4 Å². The summed E-state index contributed by atoms with van der Waals surface area (Å²) >= 11 is 0. The summed E-state index contributed by atoms with van der Waals surface area (Å²) in [6.45, 7) is 0.650. The Labute approximate surface area is 100 Å². The molecular weight excluding hydrogens is 219 g/mol. The minimum atomic E-state index is -0.293. The first-order chi connectivity index (χ1) is 8.31. The van der Waals surface area contributed by atoms with Crippen LogP contribution in [0.2, 0.25) is 0 Å². The Hall–Kier alpha value is -1.16. The largest absolute Gasteiger partial charge is 0.474 e. The molecule has 2 fully saturated rings. The van der Waals surface area contributed by atoms with Crippen molar-refractivity contribution in [2.45, 2.75) is 50.8 Å². The van der Waals surface area contributed by atoms with E-state index < -0.39 is 0 Å². The minimum Gasteiger partial charge on any atom is -0.474 e. The van der Waals surface area contributed by atoms with Gasteiger partial charge in [0.05, 0.1) is 6.20 Å². The molecule has 1 heterocycles. The van der Waals surface area contributed by atoms with Crippen LogP contribution in [0.15, 0.2) is 12.3 Å². The van der Waals surface area contributed by atoms with E-state index in [1.54, 1.807) is 0 Å². The van der Waals surface area contributed by atoms with Crippen molar-refractivity contribution < 1.29 is 9.13 Å². The lowest BCUT2D eigenvalue weighted by Gasteiger charge is -2.26. The minimum absolute atomic E-state index is 0.285. The highest BCUT2D eigenvalue weighted by molar-refractivity contribution is 5.26. The van der Waals surface area contributed by atoms with Gasteiger partial charge in [-0.1, -0.05) is 0 Å². The van der Waals surface area contributed by atoms with Crippen LogP contribution in [0.5, 0.6) is 5.88 Å². The van der Waals surface area contributed by atoms with E-state index in [4.69, 9.17) is 4.74 Å². The van der Waals surface area contributed by atoms with Crippen LogP contribution in [0, 0.1) is 5.82 Å². The number of hydrogen-bond acceptors (Lipinski definition) is 3. The van der Waals surface area contributed by atoms with E-state index in [0.29, 0.717) is 18.5 Å². The molecule has 1 aromatic rings. The highest BCUT2D eigenvalue weighted by Gasteiger charge is 2.23. The summed E-state index contributed by atoms with van der Waals surface area (Å²) in [6.07, 6.45) is 7.37. The SMILES string of the molecule is Fc1cnc(OC2CCC2)c(CNC2CC2)c1. The molecule has 0 saturated heterocycles. The standard InChI is InChI=1S/C13H17FN2O/c14-10-6-9(7-15-11-4-5-11)13(16-8-10)17-12-2-1-3-12/h6,8,11-12,15H,1-5,7H2. The van der Waals surface area contributed by atoms with Crippen molar-refractivity contribution in [1.82, 2.24) is 10.3 Å². The van der Waals surface area contributed by atoms with Crippen molar-refractivity contribution in [3.05, 3.63) is 23.6 Å². The Kier molecular flexibility index (Phi) is 2.97. The van der Waals surface area contributed by atoms with E-state index >= 15 is 0 Å². The Morgan fingerprint density at radius 3 is 2.82 bits per heavy atom. The fourth-order valence-corrected chi connectivity index (χ4v) is 1.89. The van der Waals surface area contributed by atoms with Crippen LogP contribution in [0.1, 0.15) is 37.7 Å². The fourth-order valence-electron chi connectivity index (χ4n) is 1.89. The molecule has 2 aliphatic rings. The maximum atomic E-state index is 13.2. The number of aromatic nitrogens is 1. The van der Waals surface area contributed by atoms with Gasteiger partial charge in [0.15, 0.2) is 0 Å². The molecule has 0 spiro atoms. The van der Waals surface area contributed by atoms with Crippen LogP contribution < -0.4 is 10.1 Å². The average molecular weight is 236 g/mol. The van der Waals surface area contributed by atoms with Crippen LogP contribution in [0.4, 0.5) is 4.39 Å². The van der Waals surface area contributed by atoms with Gasteiger partial charge in [-0.05, 0) is 38.2 Å². The van der Waals surface area contributed by atoms with Crippen LogP contribution in [0.3, 0.4) is 0 Å². The van der Waals surface area contributed by atoms with E-state index in [1.807, 2.05) is 0 Å². The maximum absolute atomic E-state index is 13.2. The number of rotatable bonds is 5. The second-order valence-electron chi connectivity index (χ2n) is 4.94. The van der Waals surface area contributed by atoms with E-state index in [9.17, 15) is 4.39 Å². The van der Waals surface area contributed by atoms with Gasteiger partial charge in [-0.3, -0.25) is 0 Å². The predicted molar refractivity (Wildman–Crippen MR) is 62.3 cm³/mol. The van der Waals surface area contributed by atoms with Gasteiger partial charge >= 0.3 is 0 Å². The summed E-state index contributed by atoms with van der Waals surface area (Å²) in [7, 11) is 0. The number of nitrogens with one attached hydrogen (secondary N) is 1. The third-order valence-corrected chi connectivity index (χ3v) is 3.38. The molecule has 92 valence electrons. The Balaban J connectivity index is 1.69. The van der Waals surface area contributed by atoms with Crippen molar-refractivity contribution in [3.63, 3.8) is 0 Å². The maximum Gasteiger partial charge on any atom is 0.218 e. The molecule has 0 atom stereocenters. The number of hydrogen-bond donors (Lipinski definition) is 1. The van der Waals surface area contributed by atoms with Crippen LogP contribution in [0.25, 0.3) is 0 Å². The first kappa shape index (κ1) is 11.0. The second-order valence-corrected chi connectivity index (χ2v) is 4.94.